The van der Waals surface area contributed by atoms with Crippen molar-refractivity contribution in [2.75, 3.05) is 19.6 Å². The molecule has 1 heterocycles. The molecule has 0 aliphatic carbocycles. The van der Waals surface area contributed by atoms with Gasteiger partial charge in [-0.05, 0) is 42.9 Å². The van der Waals surface area contributed by atoms with Crippen molar-refractivity contribution in [3.05, 3.63) is 71.4 Å². The van der Waals surface area contributed by atoms with E-state index in [-0.39, 0.29) is 18.4 Å². The van der Waals surface area contributed by atoms with Crippen LogP contribution in [0.25, 0.3) is 10.9 Å². The van der Waals surface area contributed by atoms with Gasteiger partial charge in [0.25, 0.3) is 0 Å². The predicted octanol–water partition coefficient (Wildman–Crippen LogP) is 9.23. The van der Waals surface area contributed by atoms with Crippen LogP contribution in [-0.2, 0) is 22.6 Å². The Balaban J connectivity index is 1.54. The van der Waals surface area contributed by atoms with Crippen LogP contribution in [0.5, 0.6) is 0 Å². The van der Waals surface area contributed by atoms with Crippen molar-refractivity contribution in [2.45, 2.75) is 118 Å². The maximum atomic E-state index is 13.8. The Labute approximate surface area is 261 Å². The number of para-hydroxylation sites is 1. The van der Waals surface area contributed by atoms with E-state index in [1.165, 1.54) is 74.3 Å². The van der Waals surface area contributed by atoms with E-state index in [4.69, 9.17) is 0 Å². The second-order valence-corrected chi connectivity index (χ2v) is 12.9. The molecular weight excluding hydrogens is 530 g/mol. The molecule has 43 heavy (non-hydrogen) atoms. The van der Waals surface area contributed by atoms with Gasteiger partial charge in [0.05, 0.1) is 6.54 Å². The summed E-state index contributed by atoms with van der Waals surface area (Å²) in [6.07, 6.45) is 17.2. The number of aromatic amines is 1. The zero-order chi connectivity index (χ0) is 30.9. The van der Waals surface area contributed by atoms with Crippen LogP contribution in [0.1, 0.15) is 115 Å². The number of aromatic nitrogens is 1. The van der Waals surface area contributed by atoms with Gasteiger partial charge in [-0.25, -0.2) is 0 Å². The van der Waals surface area contributed by atoms with E-state index in [1.54, 1.807) is 0 Å². The molecule has 0 radical (unpaired) electrons. The molecule has 2 aromatic carbocycles. The summed E-state index contributed by atoms with van der Waals surface area (Å²) in [6.45, 7) is 10.5. The first-order valence-electron chi connectivity index (χ1n) is 17.0. The van der Waals surface area contributed by atoms with Crippen LogP contribution in [0.3, 0.4) is 0 Å². The smallest absolute Gasteiger partial charge is 0.242 e. The average Bonchev–Trinajstić information content (AvgIpc) is 3.41. The molecule has 0 spiro atoms. The van der Waals surface area contributed by atoms with Gasteiger partial charge in [-0.1, -0.05) is 133 Å². The molecule has 0 fully saturated rings. The maximum absolute atomic E-state index is 13.8. The van der Waals surface area contributed by atoms with Crippen LogP contribution in [0.2, 0.25) is 0 Å². The van der Waals surface area contributed by atoms with Gasteiger partial charge in [-0.3, -0.25) is 9.59 Å². The summed E-state index contributed by atoms with van der Waals surface area (Å²) in [5.74, 6) is 0.448. The van der Waals surface area contributed by atoms with Gasteiger partial charge in [-0.15, -0.1) is 0 Å². The molecule has 0 aliphatic heterocycles. The second kappa shape index (κ2) is 19.2. The van der Waals surface area contributed by atoms with E-state index < -0.39 is 0 Å². The first kappa shape index (κ1) is 34.4. The van der Waals surface area contributed by atoms with E-state index in [2.05, 4.69) is 81.3 Å². The molecule has 3 aromatic rings. The number of carbonyl (C=O) groups excluding carboxylic acids is 2. The van der Waals surface area contributed by atoms with Gasteiger partial charge in [0.15, 0.2) is 0 Å². The summed E-state index contributed by atoms with van der Waals surface area (Å²) in [7, 11) is 0. The van der Waals surface area contributed by atoms with Crippen LogP contribution in [0.15, 0.2) is 54.7 Å². The number of carbonyl (C=O) groups is 2. The van der Waals surface area contributed by atoms with Crippen LogP contribution in [0, 0.1) is 12.8 Å². The molecule has 0 unspecified atom stereocenters. The molecule has 2 amide bonds. The summed E-state index contributed by atoms with van der Waals surface area (Å²) in [6, 6.07) is 16.7. The van der Waals surface area contributed by atoms with Gasteiger partial charge in [0, 0.05) is 43.2 Å². The Kier molecular flexibility index (Phi) is 15.4. The fourth-order valence-electron chi connectivity index (χ4n) is 5.86. The second-order valence-electron chi connectivity index (χ2n) is 12.9. The van der Waals surface area contributed by atoms with Crippen LogP contribution in [-0.4, -0.2) is 46.2 Å². The first-order chi connectivity index (χ1) is 20.9. The SMILES string of the molecule is CCCCCCCCCCCCCC(=O)N(CC(=O)N(CCc1c[nH]c2ccccc12)Cc1ccc(C)cc1)CC(C)C. The highest BCUT2D eigenvalue weighted by atomic mass is 16.2. The molecule has 0 saturated heterocycles. The lowest BCUT2D eigenvalue weighted by molar-refractivity contribution is -0.141. The molecule has 0 bridgehead atoms. The number of amides is 2. The third-order valence-corrected chi connectivity index (χ3v) is 8.43. The molecule has 0 saturated carbocycles. The zero-order valence-electron chi connectivity index (χ0n) is 27.5. The van der Waals surface area contributed by atoms with E-state index >= 15 is 0 Å². The molecule has 1 aromatic heterocycles. The number of benzene rings is 2. The maximum Gasteiger partial charge on any atom is 0.242 e. The molecule has 5 nitrogen and oxygen atoms in total. The predicted molar refractivity (Wildman–Crippen MR) is 181 cm³/mol. The van der Waals surface area contributed by atoms with Gasteiger partial charge in [0.2, 0.25) is 11.8 Å². The number of hydrogen-bond donors (Lipinski definition) is 1. The Morgan fingerprint density at radius 2 is 1.40 bits per heavy atom. The molecule has 236 valence electrons. The number of unbranched alkanes of at least 4 members (excludes halogenated alkanes) is 10. The number of hydrogen-bond acceptors (Lipinski definition) is 2. The van der Waals surface area contributed by atoms with Gasteiger partial charge >= 0.3 is 0 Å². The number of nitrogens with zero attached hydrogens (tertiary/aromatic N) is 2. The Hall–Kier alpha value is -3.08. The summed E-state index contributed by atoms with van der Waals surface area (Å²) in [5, 5.41) is 1.20. The fraction of sp³-hybridized carbons (Fsp3) is 0.579. The highest BCUT2D eigenvalue weighted by Crippen LogP contribution is 2.19. The molecule has 3 rings (SSSR count). The molecule has 1 N–H and O–H groups in total. The van der Waals surface area contributed by atoms with Crippen molar-refractivity contribution in [3.8, 4) is 0 Å². The van der Waals surface area contributed by atoms with Gasteiger partial charge < -0.3 is 14.8 Å². The minimum atomic E-state index is 0.0216. The number of rotatable bonds is 21. The zero-order valence-corrected chi connectivity index (χ0v) is 27.5. The van der Waals surface area contributed by atoms with Crippen LogP contribution >= 0.6 is 0 Å². The summed E-state index contributed by atoms with van der Waals surface area (Å²) in [5.41, 5.74) is 4.64. The first-order valence-corrected chi connectivity index (χ1v) is 17.0. The standard InChI is InChI=1S/C38H57N3O2/c1-5-6-7-8-9-10-11-12-13-14-15-20-37(42)41(28-31(2)3)30-38(43)40(29-33-23-21-32(4)22-24-33)26-25-34-27-39-36-19-17-16-18-35(34)36/h16-19,21-24,27,31,39H,5-15,20,25-26,28-30H2,1-4H3. The summed E-state index contributed by atoms with van der Waals surface area (Å²) < 4.78 is 0. The monoisotopic (exact) mass is 587 g/mol. The third kappa shape index (κ3) is 12.6. The lowest BCUT2D eigenvalue weighted by Gasteiger charge is -2.29. The number of H-pyrrole nitrogens is 1. The largest absolute Gasteiger partial charge is 0.361 e. The number of fused-ring (bicyclic) bond motifs is 1. The topological polar surface area (TPSA) is 56.4 Å². The van der Waals surface area contributed by atoms with E-state index in [0.717, 1.165) is 30.3 Å². The quantitative estimate of drug-likeness (QED) is 0.126. The summed E-state index contributed by atoms with van der Waals surface area (Å²) in [4.78, 5) is 34.3. The fourth-order valence-corrected chi connectivity index (χ4v) is 5.86. The number of nitrogens with one attached hydrogen (secondary N) is 1. The Morgan fingerprint density at radius 3 is 2.05 bits per heavy atom. The van der Waals surface area contributed by atoms with Crippen molar-refractivity contribution < 1.29 is 9.59 Å². The number of aryl methyl sites for hydroxylation is 1. The van der Waals surface area contributed by atoms with Crippen molar-refractivity contribution in [1.29, 1.82) is 0 Å². The lowest BCUT2D eigenvalue weighted by Crippen LogP contribution is -2.44. The van der Waals surface area contributed by atoms with Crippen LogP contribution in [0.4, 0.5) is 0 Å². The minimum Gasteiger partial charge on any atom is -0.361 e. The molecule has 0 aliphatic rings. The highest BCUT2D eigenvalue weighted by Gasteiger charge is 2.22. The van der Waals surface area contributed by atoms with Crippen molar-refractivity contribution in [2.24, 2.45) is 5.92 Å². The summed E-state index contributed by atoms with van der Waals surface area (Å²) >= 11 is 0. The average molecular weight is 588 g/mol. The van der Waals surface area contributed by atoms with Crippen LogP contribution < -0.4 is 0 Å². The van der Waals surface area contributed by atoms with E-state index in [9.17, 15) is 9.59 Å². The third-order valence-electron chi connectivity index (χ3n) is 8.43. The highest BCUT2D eigenvalue weighted by molar-refractivity contribution is 5.85. The van der Waals surface area contributed by atoms with Gasteiger partial charge in [0.1, 0.15) is 0 Å². The normalized spacial score (nSPS) is 11.4. The van der Waals surface area contributed by atoms with Crippen molar-refractivity contribution in [3.63, 3.8) is 0 Å². The molecule has 5 heteroatoms. The Bertz CT molecular complexity index is 1210. The minimum absolute atomic E-state index is 0.0216. The van der Waals surface area contributed by atoms with Crippen molar-refractivity contribution in [1.82, 2.24) is 14.8 Å². The van der Waals surface area contributed by atoms with E-state index in [0.29, 0.717) is 32.0 Å². The van der Waals surface area contributed by atoms with Gasteiger partial charge in [-0.2, -0.15) is 0 Å². The van der Waals surface area contributed by atoms with E-state index in [1.807, 2.05) is 15.9 Å². The molecule has 0 atom stereocenters. The molecular formula is C38H57N3O2. The van der Waals surface area contributed by atoms with Crippen molar-refractivity contribution >= 4 is 22.7 Å². The Morgan fingerprint density at radius 1 is 0.767 bits per heavy atom. The lowest BCUT2D eigenvalue weighted by atomic mass is 10.0.